The van der Waals surface area contributed by atoms with Crippen molar-refractivity contribution in [1.82, 2.24) is 4.90 Å². The van der Waals surface area contributed by atoms with Gasteiger partial charge >= 0.3 is 12.3 Å². The lowest BCUT2D eigenvalue weighted by atomic mass is 9.97. The molecule has 1 rings (SSSR count). The molecule has 0 amide bonds. The zero-order valence-electron chi connectivity index (χ0n) is 8.51. The van der Waals surface area contributed by atoms with E-state index in [4.69, 9.17) is 4.74 Å². The number of rotatable bonds is 2. The molecule has 1 aliphatic rings. The van der Waals surface area contributed by atoms with E-state index in [0.29, 0.717) is 4.90 Å². The van der Waals surface area contributed by atoms with Crippen LogP contribution in [0.3, 0.4) is 0 Å². The molecule has 15 heavy (non-hydrogen) atoms. The largest absolute Gasteiger partial charge is 0.466 e. The molecule has 0 radical (unpaired) electrons. The first kappa shape index (κ1) is 12.3. The third-order valence-corrected chi connectivity index (χ3v) is 2.47. The van der Waals surface area contributed by atoms with E-state index in [1.165, 1.54) is 0 Å². The maximum absolute atomic E-state index is 12.2. The van der Waals surface area contributed by atoms with Crippen LogP contribution < -0.4 is 0 Å². The molecule has 0 aliphatic carbocycles. The van der Waals surface area contributed by atoms with Gasteiger partial charge in [0.25, 0.3) is 0 Å². The van der Waals surface area contributed by atoms with Crippen LogP contribution in [0.5, 0.6) is 0 Å². The van der Waals surface area contributed by atoms with Crippen molar-refractivity contribution in [2.45, 2.75) is 26.1 Å². The fraction of sp³-hybridized carbons (Fsp3) is 0.889. The number of carbonyl (C=O) groups is 1. The van der Waals surface area contributed by atoms with Gasteiger partial charge in [0.05, 0.1) is 12.5 Å². The van der Waals surface area contributed by atoms with Crippen LogP contribution in [0, 0.1) is 5.92 Å². The van der Waals surface area contributed by atoms with Crippen molar-refractivity contribution in [2.24, 2.45) is 5.92 Å². The fourth-order valence-corrected chi connectivity index (χ4v) is 1.63. The molecule has 1 fully saturated rings. The monoisotopic (exact) mass is 225 g/mol. The van der Waals surface area contributed by atoms with E-state index < -0.39 is 6.30 Å². The lowest BCUT2D eigenvalue weighted by Gasteiger charge is -2.31. The van der Waals surface area contributed by atoms with E-state index in [-0.39, 0.29) is 44.4 Å². The van der Waals surface area contributed by atoms with Crippen molar-refractivity contribution in [3.05, 3.63) is 0 Å². The standard InChI is InChI=1S/C9H14F3NO2/c1-2-15-8(14)7-3-5-13(6-4-7)9(10,11)12/h7H,2-6H2,1H3. The van der Waals surface area contributed by atoms with Crippen molar-refractivity contribution in [1.29, 1.82) is 0 Å². The molecule has 88 valence electrons. The number of carbonyl (C=O) groups excluding carboxylic acids is 1. The maximum atomic E-state index is 12.2. The Morgan fingerprint density at radius 2 is 1.93 bits per heavy atom. The number of nitrogens with zero attached hydrogens (tertiary/aromatic N) is 1. The molecule has 0 N–H and O–H groups in total. The Hall–Kier alpha value is -0.780. The summed E-state index contributed by atoms with van der Waals surface area (Å²) in [5.74, 6) is -0.747. The molecule has 6 heteroatoms. The summed E-state index contributed by atoms with van der Waals surface area (Å²) in [5, 5.41) is 0. The van der Waals surface area contributed by atoms with Crippen molar-refractivity contribution < 1.29 is 22.7 Å². The first-order valence-corrected chi connectivity index (χ1v) is 4.93. The first-order chi connectivity index (χ1) is 6.95. The Kier molecular flexibility index (Phi) is 3.96. The lowest BCUT2D eigenvalue weighted by Crippen LogP contribution is -2.45. The Labute approximate surface area is 86.2 Å². The minimum absolute atomic E-state index is 0.118. The van der Waals surface area contributed by atoms with Gasteiger partial charge in [-0.15, -0.1) is 0 Å². The highest BCUT2D eigenvalue weighted by atomic mass is 19.4. The van der Waals surface area contributed by atoms with Gasteiger partial charge in [-0.3, -0.25) is 4.79 Å². The van der Waals surface area contributed by atoms with Crippen LogP contribution in [0.2, 0.25) is 0 Å². The summed E-state index contributed by atoms with van der Waals surface area (Å²) < 4.78 is 41.4. The maximum Gasteiger partial charge on any atom is 0.459 e. The quantitative estimate of drug-likeness (QED) is 0.530. The summed E-state index contributed by atoms with van der Waals surface area (Å²) in [6.45, 7) is 1.72. The Bertz CT molecular complexity index is 222. The molecular formula is C9H14F3NO2. The molecule has 0 bridgehead atoms. The summed E-state index contributed by atoms with van der Waals surface area (Å²) in [6.07, 6.45) is -3.84. The number of alkyl halides is 3. The van der Waals surface area contributed by atoms with Crippen molar-refractivity contribution >= 4 is 5.97 Å². The molecule has 0 unspecified atom stereocenters. The summed E-state index contributed by atoms with van der Waals surface area (Å²) in [4.78, 5) is 11.7. The van der Waals surface area contributed by atoms with Crippen LogP contribution >= 0.6 is 0 Å². The van der Waals surface area contributed by atoms with Gasteiger partial charge < -0.3 is 4.74 Å². The van der Waals surface area contributed by atoms with E-state index in [9.17, 15) is 18.0 Å². The third-order valence-electron chi connectivity index (χ3n) is 2.47. The van der Waals surface area contributed by atoms with Crippen LogP contribution in [0.25, 0.3) is 0 Å². The van der Waals surface area contributed by atoms with Gasteiger partial charge in [0.1, 0.15) is 0 Å². The Morgan fingerprint density at radius 3 is 2.33 bits per heavy atom. The molecule has 3 nitrogen and oxygen atoms in total. The second-order valence-electron chi connectivity index (χ2n) is 3.48. The number of piperidine rings is 1. The van der Waals surface area contributed by atoms with Crippen molar-refractivity contribution in [2.75, 3.05) is 19.7 Å². The molecule has 1 saturated heterocycles. The zero-order chi connectivity index (χ0) is 11.5. The second-order valence-corrected chi connectivity index (χ2v) is 3.48. The predicted molar refractivity (Wildman–Crippen MR) is 47.0 cm³/mol. The van der Waals surface area contributed by atoms with E-state index in [0.717, 1.165) is 0 Å². The summed E-state index contributed by atoms with van der Waals surface area (Å²) in [5.41, 5.74) is 0. The molecule has 0 aromatic heterocycles. The number of hydrogen-bond acceptors (Lipinski definition) is 3. The van der Waals surface area contributed by atoms with Gasteiger partial charge in [-0.1, -0.05) is 0 Å². The van der Waals surface area contributed by atoms with Gasteiger partial charge in [0.15, 0.2) is 0 Å². The number of hydrogen-bond donors (Lipinski definition) is 0. The zero-order valence-corrected chi connectivity index (χ0v) is 8.51. The van der Waals surface area contributed by atoms with Gasteiger partial charge in [0, 0.05) is 13.1 Å². The molecule has 0 spiro atoms. The van der Waals surface area contributed by atoms with Crippen molar-refractivity contribution in [3.8, 4) is 0 Å². The predicted octanol–water partition coefficient (Wildman–Crippen LogP) is 1.78. The SMILES string of the molecule is CCOC(=O)C1CCN(C(F)(F)F)CC1. The summed E-state index contributed by atoms with van der Waals surface area (Å²) in [6, 6.07) is 0. The summed E-state index contributed by atoms with van der Waals surface area (Å²) >= 11 is 0. The minimum atomic E-state index is -4.28. The number of likely N-dealkylation sites (tertiary alicyclic amines) is 1. The molecule has 0 aromatic rings. The molecule has 1 heterocycles. The molecular weight excluding hydrogens is 211 g/mol. The molecule has 1 aliphatic heterocycles. The van der Waals surface area contributed by atoms with Crippen LogP contribution in [0.4, 0.5) is 13.2 Å². The average molecular weight is 225 g/mol. The molecule has 0 atom stereocenters. The smallest absolute Gasteiger partial charge is 0.459 e. The van der Waals surface area contributed by atoms with Gasteiger partial charge in [-0.2, -0.15) is 13.2 Å². The highest BCUT2D eigenvalue weighted by molar-refractivity contribution is 5.72. The van der Waals surface area contributed by atoms with Gasteiger partial charge in [-0.05, 0) is 19.8 Å². The Balaban J connectivity index is 2.39. The normalized spacial score (nSPS) is 20.3. The van der Waals surface area contributed by atoms with E-state index in [2.05, 4.69) is 0 Å². The minimum Gasteiger partial charge on any atom is -0.466 e. The van der Waals surface area contributed by atoms with Crippen LogP contribution in [-0.4, -0.2) is 36.9 Å². The third kappa shape index (κ3) is 3.37. The Morgan fingerprint density at radius 1 is 1.40 bits per heavy atom. The highest BCUT2D eigenvalue weighted by Crippen LogP contribution is 2.28. The number of halogens is 3. The number of esters is 1. The highest BCUT2D eigenvalue weighted by Gasteiger charge is 2.40. The molecule has 0 aromatic carbocycles. The van der Waals surface area contributed by atoms with Crippen LogP contribution in [-0.2, 0) is 9.53 Å². The van der Waals surface area contributed by atoms with E-state index in [1.54, 1.807) is 6.92 Å². The topological polar surface area (TPSA) is 29.5 Å². The first-order valence-electron chi connectivity index (χ1n) is 4.93. The molecule has 0 saturated carbocycles. The van der Waals surface area contributed by atoms with Gasteiger partial charge in [-0.25, -0.2) is 4.90 Å². The van der Waals surface area contributed by atoms with Crippen LogP contribution in [0.15, 0.2) is 0 Å². The number of ether oxygens (including phenoxy) is 1. The summed E-state index contributed by atoms with van der Waals surface area (Å²) in [7, 11) is 0. The van der Waals surface area contributed by atoms with Crippen molar-refractivity contribution in [3.63, 3.8) is 0 Å². The van der Waals surface area contributed by atoms with Crippen LogP contribution in [0.1, 0.15) is 19.8 Å². The van der Waals surface area contributed by atoms with E-state index >= 15 is 0 Å². The van der Waals surface area contributed by atoms with E-state index in [1.807, 2.05) is 0 Å². The van der Waals surface area contributed by atoms with Gasteiger partial charge in [0.2, 0.25) is 0 Å². The fourth-order valence-electron chi connectivity index (χ4n) is 1.63. The average Bonchev–Trinajstić information content (AvgIpc) is 2.17. The second kappa shape index (κ2) is 4.83. The lowest BCUT2D eigenvalue weighted by molar-refractivity contribution is -0.251.